The zero-order valence-electron chi connectivity index (χ0n) is 18.3. The van der Waals surface area contributed by atoms with E-state index in [9.17, 15) is 9.59 Å². The Morgan fingerprint density at radius 3 is 2.52 bits per heavy atom. The third-order valence-electron chi connectivity index (χ3n) is 5.55. The van der Waals surface area contributed by atoms with Crippen LogP contribution in [0.15, 0.2) is 51.7 Å². The van der Waals surface area contributed by atoms with Crippen molar-refractivity contribution in [2.75, 3.05) is 20.3 Å². The molecule has 0 spiro atoms. The van der Waals surface area contributed by atoms with Crippen LogP contribution in [0.1, 0.15) is 53.6 Å². The summed E-state index contributed by atoms with van der Waals surface area (Å²) in [6, 6.07) is 12.4. The van der Waals surface area contributed by atoms with Crippen LogP contribution in [0.4, 0.5) is 0 Å². The molecule has 0 radical (unpaired) electrons. The number of nitrogens with zero attached hydrogens (tertiary/aromatic N) is 1. The second-order valence-corrected chi connectivity index (χ2v) is 8.12. The Morgan fingerprint density at radius 2 is 1.84 bits per heavy atom. The molecule has 31 heavy (non-hydrogen) atoms. The Kier molecular flexibility index (Phi) is 5.83. The van der Waals surface area contributed by atoms with Crippen molar-refractivity contribution < 1.29 is 18.7 Å². The van der Waals surface area contributed by atoms with Gasteiger partial charge in [-0.25, -0.2) is 0 Å². The van der Waals surface area contributed by atoms with Crippen molar-refractivity contribution in [3.8, 4) is 5.75 Å². The van der Waals surface area contributed by atoms with Gasteiger partial charge in [0.2, 0.25) is 5.76 Å². The van der Waals surface area contributed by atoms with E-state index in [2.05, 4.69) is 0 Å². The molecule has 162 valence electrons. The molecular formula is C25H27NO5. The first-order valence-corrected chi connectivity index (χ1v) is 10.5. The van der Waals surface area contributed by atoms with Crippen LogP contribution in [0.25, 0.3) is 11.0 Å². The van der Waals surface area contributed by atoms with E-state index in [1.54, 1.807) is 18.1 Å². The molecule has 0 unspecified atom stereocenters. The Morgan fingerprint density at radius 1 is 1.10 bits per heavy atom. The van der Waals surface area contributed by atoms with E-state index in [0.717, 1.165) is 11.1 Å². The van der Waals surface area contributed by atoms with Crippen LogP contribution in [-0.2, 0) is 4.74 Å². The largest absolute Gasteiger partial charge is 0.497 e. The van der Waals surface area contributed by atoms with E-state index in [-0.39, 0.29) is 23.2 Å². The number of carbonyl (C=O) groups is 1. The number of aryl methyl sites for hydroxylation is 1. The number of carbonyl (C=O) groups excluding carboxylic acids is 1. The monoisotopic (exact) mass is 421 g/mol. The Bertz CT molecular complexity index is 1160. The van der Waals surface area contributed by atoms with E-state index in [4.69, 9.17) is 13.9 Å². The highest BCUT2D eigenvalue weighted by Gasteiger charge is 2.42. The summed E-state index contributed by atoms with van der Waals surface area (Å²) in [5.41, 5.74) is 2.49. The minimum atomic E-state index is -0.506. The van der Waals surface area contributed by atoms with E-state index >= 15 is 0 Å². The normalized spacial score (nSPS) is 15.7. The van der Waals surface area contributed by atoms with Gasteiger partial charge in [-0.05, 0) is 57.0 Å². The Hall–Kier alpha value is -3.12. The Labute approximate surface area is 181 Å². The molecular weight excluding hydrogens is 394 g/mol. The fraction of sp³-hybridized carbons (Fsp3) is 0.360. The van der Waals surface area contributed by atoms with Gasteiger partial charge in [-0.1, -0.05) is 23.8 Å². The molecule has 1 aliphatic heterocycles. The third kappa shape index (κ3) is 3.95. The van der Waals surface area contributed by atoms with Crippen molar-refractivity contribution in [2.24, 2.45) is 0 Å². The minimum absolute atomic E-state index is 0.126. The average Bonchev–Trinajstić information content (AvgIpc) is 3.04. The van der Waals surface area contributed by atoms with Crippen molar-refractivity contribution in [1.29, 1.82) is 0 Å². The fourth-order valence-corrected chi connectivity index (χ4v) is 4.05. The maximum Gasteiger partial charge on any atom is 0.290 e. The molecule has 1 aliphatic rings. The molecule has 0 fully saturated rings. The zero-order chi connectivity index (χ0) is 22.1. The highest BCUT2D eigenvalue weighted by molar-refractivity contribution is 5.99. The first-order valence-electron chi connectivity index (χ1n) is 10.5. The van der Waals surface area contributed by atoms with Crippen molar-refractivity contribution in [3.05, 3.63) is 75.1 Å². The van der Waals surface area contributed by atoms with Gasteiger partial charge in [0.15, 0.2) is 5.43 Å². The molecule has 0 saturated heterocycles. The number of ether oxygens (including phenoxy) is 2. The van der Waals surface area contributed by atoms with E-state index < -0.39 is 6.04 Å². The quantitative estimate of drug-likeness (QED) is 0.527. The van der Waals surface area contributed by atoms with Crippen LogP contribution < -0.4 is 10.2 Å². The average molecular weight is 421 g/mol. The summed E-state index contributed by atoms with van der Waals surface area (Å²) in [4.78, 5) is 28.5. The molecule has 1 aromatic heterocycles. The Balaban J connectivity index is 1.81. The molecule has 0 N–H and O–H groups in total. The summed E-state index contributed by atoms with van der Waals surface area (Å²) in [6.07, 6.45) is 0.790. The van der Waals surface area contributed by atoms with Crippen LogP contribution in [-0.4, -0.2) is 37.2 Å². The fourth-order valence-electron chi connectivity index (χ4n) is 4.05. The van der Waals surface area contributed by atoms with Gasteiger partial charge in [-0.2, -0.15) is 0 Å². The predicted molar refractivity (Wildman–Crippen MR) is 119 cm³/mol. The van der Waals surface area contributed by atoms with Gasteiger partial charge in [0.25, 0.3) is 5.91 Å². The second-order valence-electron chi connectivity index (χ2n) is 8.12. The van der Waals surface area contributed by atoms with Gasteiger partial charge >= 0.3 is 0 Å². The van der Waals surface area contributed by atoms with Crippen molar-refractivity contribution in [3.63, 3.8) is 0 Å². The number of hydrogen-bond acceptors (Lipinski definition) is 5. The molecule has 1 atom stereocenters. The van der Waals surface area contributed by atoms with Crippen LogP contribution in [0.5, 0.6) is 5.75 Å². The lowest BCUT2D eigenvalue weighted by Crippen LogP contribution is -2.31. The lowest BCUT2D eigenvalue weighted by atomic mass is 9.98. The van der Waals surface area contributed by atoms with Crippen LogP contribution in [0.2, 0.25) is 0 Å². The van der Waals surface area contributed by atoms with Gasteiger partial charge in [0.1, 0.15) is 11.3 Å². The van der Waals surface area contributed by atoms with Gasteiger partial charge in [0, 0.05) is 13.2 Å². The predicted octanol–water partition coefficient (Wildman–Crippen LogP) is 4.47. The standard InChI is InChI=1S/C25H27NO5/c1-15(2)30-13-5-12-26-22(17-7-9-18(29-4)10-8-17)21-23(27)19-14-16(3)6-11-20(19)31-24(21)25(26)28/h6-11,14-15,22H,5,12-13H2,1-4H3/t22-/m0/s1. The number of fused-ring (bicyclic) bond motifs is 2. The van der Waals surface area contributed by atoms with E-state index in [1.807, 2.05) is 57.2 Å². The number of rotatable bonds is 7. The summed E-state index contributed by atoms with van der Waals surface area (Å²) in [6.45, 7) is 6.89. The molecule has 2 aromatic carbocycles. The van der Waals surface area contributed by atoms with Crippen LogP contribution in [0.3, 0.4) is 0 Å². The third-order valence-corrected chi connectivity index (χ3v) is 5.55. The lowest BCUT2D eigenvalue weighted by molar-refractivity contribution is 0.0593. The molecule has 6 nitrogen and oxygen atoms in total. The van der Waals surface area contributed by atoms with Gasteiger partial charge in [-0.15, -0.1) is 0 Å². The van der Waals surface area contributed by atoms with E-state index in [0.29, 0.717) is 41.9 Å². The molecule has 2 heterocycles. The van der Waals surface area contributed by atoms with Gasteiger partial charge in [0.05, 0.1) is 30.2 Å². The summed E-state index contributed by atoms with van der Waals surface area (Å²) in [5.74, 6) is 0.582. The topological polar surface area (TPSA) is 69.0 Å². The smallest absolute Gasteiger partial charge is 0.290 e. The number of amides is 1. The molecule has 0 bridgehead atoms. The molecule has 1 amide bonds. The van der Waals surface area contributed by atoms with Crippen LogP contribution in [0, 0.1) is 6.92 Å². The first-order chi connectivity index (χ1) is 14.9. The number of hydrogen-bond donors (Lipinski definition) is 0. The molecule has 3 aromatic rings. The molecule has 6 heteroatoms. The van der Waals surface area contributed by atoms with Crippen molar-refractivity contribution in [1.82, 2.24) is 4.90 Å². The highest BCUT2D eigenvalue weighted by Crippen LogP contribution is 2.38. The lowest BCUT2D eigenvalue weighted by Gasteiger charge is -2.25. The summed E-state index contributed by atoms with van der Waals surface area (Å²) < 4.78 is 16.9. The molecule has 0 saturated carbocycles. The summed E-state index contributed by atoms with van der Waals surface area (Å²) >= 11 is 0. The minimum Gasteiger partial charge on any atom is -0.497 e. The molecule has 0 aliphatic carbocycles. The van der Waals surface area contributed by atoms with Crippen LogP contribution >= 0.6 is 0 Å². The zero-order valence-corrected chi connectivity index (χ0v) is 18.3. The number of benzene rings is 2. The second kappa shape index (κ2) is 8.55. The summed E-state index contributed by atoms with van der Waals surface area (Å²) in [5, 5.41) is 0.495. The first kappa shape index (κ1) is 21.1. The maximum atomic E-state index is 13.5. The van der Waals surface area contributed by atoms with Crippen molar-refractivity contribution in [2.45, 2.75) is 39.3 Å². The summed E-state index contributed by atoms with van der Waals surface area (Å²) in [7, 11) is 1.60. The maximum absolute atomic E-state index is 13.5. The SMILES string of the molecule is COc1ccc([C@H]2c3c(oc4ccc(C)cc4c3=O)C(=O)N2CCCOC(C)C)cc1. The number of methoxy groups -OCH3 is 1. The van der Waals surface area contributed by atoms with Gasteiger partial charge < -0.3 is 18.8 Å². The van der Waals surface area contributed by atoms with Gasteiger partial charge in [-0.3, -0.25) is 9.59 Å². The molecule has 4 rings (SSSR count). The highest BCUT2D eigenvalue weighted by atomic mass is 16.5. The van der Waals surface area contributed by atoms with Crippen molar-refractivity contribution >= 4 is 16.9 Å². The van der Waals surface area contributed by atoms with E-state index in [1.165, 1.54) is 0 Å².